The number of rotatable bonds is 5. The lowest BCUT2D eigenvalue weighted by molar-refractivity contribution is 0.691. The molecule has 0 amide bonds. The number of tetrazole rings is 2. The van der Waals surface area contributed by atoms with Crippen LogP contribution < -0.4 is 0 Å². The van der Waals surface area contributed by atoms with E-state index in [1.54, 1.807) is 6.08 Å². The predicted molar refractivity (Wildman–Crippen MR) is 70.4 cm³/mol. The number of nitrogens with one attached hydrogen (secondary N) is 2. The van der Waals surface area contributed by atoms with Crippen LogP contribution in [0.5, 0.6) is 0 Å². The van der Waals surface area contributed by atoms with Crippen LogP contribution in [-0.4, -0.2) is 41.2 Å². The first-order valence-corrected chi connectivity index (χ1v) is 6.05. The molecule has 20 heavy (non-hydrogen) atoms. The molecule has 3 rings (SSSR count). The Hall–Kier alpha value is -2.90. The van der Waals surface area contributed by atoms with E-state index in [9.17, 15) is 0 Å². The minimum absolute atomic E-state index is 0.193. The van der Waals surface area contributed by atoms with E-state index in [1.165, 1.54) is 0 Å². The first-order chi connectivity index (χ1) is 9.86. The number of H-pyrrole nitrogens is 2. The molecule has 0 aliphatic carbocycles. The second-order valence-corrected chi connectivity index (χ2v) is 4.24. The topological polar surface area (TPSA) is 109 Å². The molecule has 0 aliphatic rings. The third-order valence-corrected chi connectivity index (χ3v) is 3.00. The summed E-state index contributed by atoms with van der Waals surface area (Å²) in [6.45, 7) is 3.74. The molecule has 100 valence electrons. The molecule has 8 nitrogen and oxygen atoms in total. The second kappa shape index (κ2) is 5.39. The van der Waals surface area contributed by atoms with Crippen molar-refractivity contribution in [1.82, 2.24) is 41.2 Å². The summed E-state index contributed by atoms with van der Waals surface area (Å²) < 4.78 is 0. The Morgan fingerprint density at radius 3 is 2.05 bits per heavy atom. The van der Waals surface area contributed by atoms with E-state index in [2.05, 4.69) is 47.8 Å². The molecule has 2 aromatic heterocycles. The summed E-state index contributed by atoms with van der Waals surface area (Å²) in [5.74, 6) is 0.889. The van der Waals surface area contributed by atoms with Crippen molar-refractivity contribution in [2.45, 2.75) is 12.3 Å². The Kier molecular flexibility index (Phi) is 3.27. The average Bonchev–Trinajstić information content (AvgIpc) is 3.19. The molecule has 0 atom stereocenters. The van der Waals surface area contributed by atoms with Crippen molar-refractivity contribution in [2.24, 2.45) is 0 Å². The Morgan fingerprint density at radius 1 is 1.00 bits per heavy atom. The van der Waals surface area contributed by atoms with E-state index >= 15 is 0 Å². The molecule has 3 aromatic rings. The summed E-state index contributed by atoms with van der Waals surface area (Å²) >= 11 is 0. The highest BCUT2D eigenvalue weighted by Crippen LogP contribution is 2.22. The smallest absolute Gasteiger partial charge is 0.177 e. The van der Waals surface area contributed by atoms with Crippen LogP contribution >= 0.6 is 0 Å². The van der Waals surface area contributed by atoms with Gasteiger partial charge in [-0.1, -0.05) is 47.3 Å². The number of hydrogen-bond donors (Lipinski definition) is 2. The number of benzene rings is 1. The number of nitrogens with zero attached hydrogens (tertiary/aromatic N) is 6. The van der Waals surface area contributed by atoms with Gasteiger partial charge in [-0.25, -0.2) is 0 Å². The molecule has 0 bridgehead atoms. The fourth-order valence-electron chi connectivity index (χ4n) is 1.96. The molecule has 0 aliphatic heterocycles. The molecule has 2 heterocycles. The van der Waals surface area contributed by atoms with Crippen molar-refractivity contribution in [3.8, 4) is 0 Å². The van der Waals surface area contributed by atoms with Crippen LogP contribution in [0.3, 0.4) is 0 Å². The maximum Gasteiger partial charge on any atom is 0.185 e. The van der Waals surface area contributed by atoms with Gasteiger partial charge < -0.3 is 0 Å². The summed E-state index contributed by atoms with van der Waals surface area (Å²) in [6, 6.07) is 8.08. The zero-order valence-electron chi connectivity index (χ0n) is 10.6. The van der Waals surface area contributed by atoms with E-state index < -0.39 is 0 Å². The molecule has 1 aromatic carbocycles. The molecular formula is C12H12N8. The van der Waals surface area contributed by atoms with E-state index in [0.29, 0.717) is 18.1 Å². The second-order valence-electron chi connectivity index (χ2n) is 4.24. The molecule has 2 N–H and O–H groups in total. The zero-order chi connectivity index (χ0) is 13.8. The number of aromatic nitrogens is 8. The Bertz CT molecular complexity index is 622. The van der Waals surface area contributed by atoms with Crippen LogP contribution in [0.2, 0.25) is 0 Å². The lowest BCUT2D eigenvalue weighted by Crippen LogP contribution is -2.09. The van der Waals surface area contributed by atoms with Gasteiger partial charge in [-0.3, -0.25) is 0 Å². The van der Waals surface area contributed by atoms with Crippen LogP contribution in [-0.2, 0) is 6.42 Å². The van der Waals surface area contributed by atoms with Crippen LogP contribution in [0.1, 0.15) is 28.7 Å². The van der Waals surface area contributed by atoms with Crippen molar-refractivity contribution in [3.63, 3.8) is 0 Å². The van der Waals surface area contributed by atoms with Gasteiger partial charge in [0.1, 0.15) is 0 Å². The van der Waals surface area contributed by atoms with Crippen LogP contribution in [0.25, 0.3) is 6.08 Å². The fourth-order valence-corrected chi connectivity index (χ4v) is 1.96. The number of hydrogen-bond acceptors (Lipinski definition) is 6. The Labute approximate surface area is 114 Å². The normalized spacial score (nSPS) is 10.8. The van der Waals surface area contributed by atoms with Gasteiger partial charge in [-0.15, -0.1) is 20.4 Å². The molecule has 8 heteroatoms. The van der Waals surface area contributed by atoms with Gasteiger partial charge in [0.2, 0.25) is 0 Å². The summed E-state index contributed by atoms with van der Waals surface area (Å²) in [5.41, 5.74) is 2.19. The van der Waals surface area contributed by atoms with Gasteiger partial charge in [-0.05, 0) is 17.5 Å². The standard InChI is InChI=1S/C12H12N8/c1-2-8-3-5-9(6-4-8)7-10(11-13-17-18-14-11)12-15-19-20-16-12/h2-6,10H,1,7H2,(H,13,14,17,18)(H,15,16,19,20). The lowest BCUT2D eigenvalue weighted by atomic mass is 9.97. The van der Waals surface area contributed by atoms with Gasteiger partial charge in [0.05, 0.1) is 5.92 Å². The van der Waals surface area contributed by atoms with Crippen molar-refractivity contribution in [3.05, 3.63) is 53.6 Å². The third-order valence-electron chi connectivity index (χ3n) is 3.00. The predicted octanol–water partition coefficient (Wildman–Crippen LogP) is 0.730. The molecule has 0 fully saturated rings. The molecule has 0 spiro atoms. The third kappa shape index (κ3) is 2.44. The van der Waals surface area contributed by atoms with Crippen LogP contribution in [0.4, 0.5) is 0 Å². The van der Waals surface area contributed by atoms with Gasteiger partial charge >= 0.3 is 0 Å². The summed E-state index contributed by atoms with van der Waals surface area (Å²) in [7, 11) is 0. The highest BCUT2D eigenvalue weighted by molar-refractivity contribution is 5.47. The molecule has 0 saturated carbocycles. The maximum atomic E-state index is 4.02. The van der Waals surface area contributed by atoms with E-state index in [-0.39, 0.29) is 5.92 Å². The highest BCUT2D eigenvalue weighted by Gasteiger charge is 2.23. The van der Waals surface area contributed by atoms with Crippen LogP contribution in [0, 0.1) is 0 Å². The minimum Gasteiger partial charge on any atom is -0.177 e. The monoisotopic (exact) mass is 268 g/mol. The maximum absolute atomic E-state index is 4.02. The summed E-state index contributed by atoms with van der Waals surface area (Å²) in [6.07, 6.45) is 2.47. The summed E-state index contributed by atoms with van der Waals surface area (Å²) in [4.78, 5) is 0. The van der Waals surface area contributed by atoms with Gasteiger partial charge in [-0.2, -0.15) is 10.4 Å². The fraction of sp³-hybridized carbons (Fsp3) is 0.167. The largest absolute Gasteiger partial charge is 0.185 e. The van der Waals surface area contributed by atoms with Crippen LogP contribution in [0.15, 0.2) is 30.8 Å². The average molecular weight is 268 g/mol. The Balaban J connectivity index is 1.88. The van der Waals surface area contributed by atoms with E-state index in [1.807, 2.05) is 24.3 Å². The SMILES string of the molecule is C=Cc1ccc(CC(c2nn[nH]n2)c2nn[nH]n2)cc1. The van der Waals surface area contributed by atoms with Crippen molar-refractivity contribution >= 4 is 6.08 Å². The summed E-state index contributed by atoms with van der Waals surface area (Å²) in [5, 5.41) is 28.1. The van der Waals surface area contributed by atoms with Crippen molar-refractivity contribution in [1.29, 1.82) is 0 Å². The molecular weight excluding hydrogens is 256 g/mol. The molecule has 0 radical (unpaired) electrons. The number of aromatic amines is 2. The first-order valence-electron chi connectivity index (χ1n) is 6.05. The van der Waals surface area contributed by atoms with Crippen molar-refractivity contribution < 1.29 is 0 Å². The Morgan fingerprint density at radius 2 is 1.60 bits per heavy atom. The van der Waals surface area contributed by atoms with Gasteiger partial charge in [0.25, 0.3) is 0 Å². The quantitative estimate of drug-likeness (QED) is 0.706. The van der Waals surface area contributed by atoms with E-state index in [4.69, 9.17) is 0 Å². The lowest BCUT2D eigenvalue weighted by Gasteiger charge is -2.09. The van der Waals surface area contributed by atoms with Gasteiger partial charge in [0, 0.05) is 0 Å². The molecule has 0 unspecified atom stereocenters. The van der Waals surface area contributed by atoms with E-state index in [0.717, 1.165) is 11.1 Å². The zero-order valence-corrected chi connectivity index (χ0v) is 10.6. The van der Waals surface area contributed by atoms with Crippen molar-refractivity contribution in [2.75, 3.05) is 0 Å². The molecule has 0 saturated heterocycles. The van der Waals surface area contributed by atoms with Gasteiger partial charge in [0.15, 0.2) is 11.6 Å². The highest BCUT2D eigenvalue weighted by atomic mass is 15.5. The first kappa shape index (κ1) is 12.2. The minimum atomic E-state index is -0.193.